The van der Waals surface area contributed by atoms with Crippen LogP contribution in [0.5, 0.6) is 0 Å². The quantitative estimate of drug-likeness (QED) is 0.280. The summed E-state index contributed by atoms with van der Waals surface area (Å²) in [6.45, 7) is 4.28. The molecule has 0 aromatic heterocycles. The fourth-order valence-electron chi connectivity index (χ4n) is 0.167. The van der Waals surface area contributed by atoms with Crippen LogP contribution < -0.4 is 4.98 Å². The zero-order chi connectivity index (χ0) is 4.99. The topological polar surface area (TPSA) is 12.0 Å². The van der Waals surface area contributed by atoms with Gasteiger partial charge in [-0.25, -0.2) is 0 Å². The average Bonchev–Trinajstić information content (AvgIpc) is 1.35. The second-order valence-corrected chi connectivity index (χ2v) is 4.04. The molecule has 0 aromatic carbocycles. The summed E-state index contributed by atoms with van der Waals surface area (Å²) in [6.07, 6.45) is 4.90. The standard InChI is InChI=1S/C4H9NSi/c1-4-5-6(2)3/h1,5-6H,2-3H3. The fraction of sp³-hybridized carbons (Fsp3) is 0.500. The molecule has 0 fully saturated rings. The van der Waals surface area contributed by atoms with Crippen molar-refractivity contribution in [3.8, 4) is 12.5 Å². The number of terminal acetylenes is 1. The van der Waals surface area contributed by atoms with Gasteiger partial charge in [-0.15, -0.1) is 0 Å². The van der Waals surface area contributed by atoms with Crippen molar-refractivity contribution in [2.24, 2.45) is 0 Å². The molecule has 0 radical (unpaired) electrons. The van der Waals surface area contributed by atoms with Gasteiger partial charge in [0.05, 0.1) is 0 Å². The van der Waals surface area contributed by atoms with E-state index in [2.05, 4.69) is 24.1 Å². The summed E-state index contributed by atoms with van der Waals surface area (Å²) in [7, 11) is -0.657. The molecule has 0 aliphatic carbocycles. The Morgan fingerprint density at radius 1 is 1.67 bits per heavy atom. The molecule has 0 spiro atoms. The van der Waals surface area contributed by atoms with Crippen LogP contribution in [0.1, 0.15) is 0 Å². The summed E-state index contributed by atoms with van der Waals surface area (Å²) in [4.78, 5) is 2.88. The molecule has 0 saturated heterocycles. The molecule has 0 atom stereocenters. The molecule has 2 heteroatoms. The van der Waals surface area contributed by atoms with Crippen molar-refractivity contribution < 1.29 is 0 Å². The first kappa shape index (κ1) is 5.58. The minimum Gasteiger partial charge on any atom is -0.375 e. The van der Waals surface area contributed by atoms with Gasteiger partial charge in [0, 0.05) is 0 Å². The maximum Gasteiger partial charge on any atom is 0.140 e. The number of hydrogen-bond acceptors (Lipinski definition) is 1. The third-order valence-electron chi connectivity index (χ3n) is 0.372. The maximum absolute atomic E-state index is 4.90. The summed E-state index contributed by atoms with van der Waals surface area (Å²) in [6, 6.07) is 2.38. The van der Waals surface area contributed by atoms with E-state index in [4.69, 9.17) is 6.42 Å². The van der Waals surface area contributed by atoms with Crippen LogP contribution >= 0.6 is 0 Å². The summed E-state index contributed by atoms with van der Waals surface area (Å²) in [5.74, 6) is 0. The van der Waals surface area contributed by atoms with Gasteiger partial charge in [-0.05, 0) is 6.04 Å². The third-order valence-corrected chi connectivity index (χ3v) is 1.12. The molecule has 0 aromatic rings. The van der Waals surface area contributed by atoms with Crippen molar-refractivity contribution in [1.29, 1.82) is 0 Å². The highest BCUT2D eigenvalue weighted by Gasteiger charge is 1.83. The minimum absolute atomic E-state index is 0.657. The Morgan fingerprint density at radius 2 is 2.17 bits per heavy atom. The van der Waals surface area contributed by atoms with Crippen molar-refractivity contribution in [3.05, 3.63) is 0 Å². The van der Waals surface area contributed by atoms with Crippen molar-refractivity contribution >= 4 is 8.96 Å². The largest absolute Gasteiger partial charge is 0.375 e. The van der Waals surface area contributed by atoms with Crippen molar-refractivity contribution in [2.45, 2.75) is 13.1 Å². The summed E-state index contributed by atoms with van der Waals surface area (Å²) in [5.41, 5.74) is 0. The highest BCUT2D eigenvalue weighted by molar-refractivity contribution is 6.53. The molecular formula is C4H9NSi. The Hall–Kier alpha value is -0.423. The first-order valence-corrected chi connectivity index (χ1v) is 4.87. The molecule has 34 valence electrons. The van der Waals surface area contributed by atoms with Gasteiger partial charge in [0.2, 0.25) is 0 Å². The molecule has 0 aliphatic rings. The van der Waals surface area contributed by atoms with Crippen LogP contribution in [0, 0.1) is 12.5 Å². The van der Waals surface area contributed by atoms with Crippen LogP contribution in [0.2, 0.25) is 13.1 Å². The first-order chi connectivity index (χ1) is 2.77. The summed E-state index contributed by atoms with van der Waals surface area (Å²) >= 11 is 0. The molecule has 0 saturated carbocycles. The van der Waals surface area contributed by atoms with Gasteiger partial charge in [-0.2, -0.15) is 0 Å². The Labute approximate surface area is 40.4 Å². The zero-order valence-electron chi connectivity index (χ0n) is 4.15. The Bertz CT molecular complexity index is 62.4. The van der Waals surface area contributed by atoms with Crippen LogP contribution in [-0.4, -0.2) is 8.96 Å². The van der Waals surface area contributed by atoms with E-state index in [1.54, 1.807) is 0 Å². The lowest BCUT2D eigenvalue weighted by molar-refractivity contribution is 1.40. The Morgan fingerprint density at radius 3 is 2.17 bits per heavy atom. The van der Waals surface area contributed by atoms with Crippen molar-refractivity contribution in [2.75, 3.05) is 0 Å². The van der Waals surface area contributed by atoms with Crippen LogP contribution in [0.15, 0.2) is 0 Å². The predicted octanol–water partition coefficient (Wildman–Crippen LogP) is 0.150. The molecule has 6 heavy (non-hydrogen) atoms. The number of hydrogen-bond donors (Lipinski definition) is 1. The number of rotatable bonds is 1. The van der Waals surface area contributed by atoms with Crippen molar-refractivity contribution in [3.63, 3.8) is 0 Å². The van der Waals surface area contributed by atoms with Crippen LogP contribution in [0.25, 0.3) is 0 Å². The van der Waals surface area contributed by atoms with E-state index in [1.165, 1.54) is 0 Å². The predicted molar refractivity (Wildman–Crippen MR) is 30.8 cm³/mol. The van der Waals surface area contributed by atoms with Crippen LogP contribution in [-0.2, 0) is 0 Å². The van der Waals surface area contributed by atoms with Gasteiger partial charge in [-0.1, -0.05) is 19.5 Å². The lowest BCUT2D eigenvalue weighted by atomic mass is 11.2. The molecule has 0 unspecified atom stereocenters. The van der Waals surface area contributed by atoms with Crippen molar-refractivity contribution in [1.82, 2.24) is 4.98 Å². The molecule has 0 aliphatic heterocycles. The third kappa shape index (κ3) is 3.58. The Balaban J connectivity index is 2.88. The molecule has 1 nitrogen and oxygen atoms in total. The monoisotopic (exact) mass is 99.1 g/mol. The van der Waals surface area contributed by atoms with Gasteiger partial charge in [-0.3, -0.25) is 0 Å². The minimum atomic E-state index is -0.657. The lowest BCUT2D eigenvalue weighted by Crippen LogP contribution is -2.20. The second kappa shape index (κ2) is 2.80. The van der Waals surface area contributed by atoms with E-state index in [-0.39, 0.29) is 0 Å². The SMILES string of the molecule is C#CN[SiH](C)C. The number of nitrogens with one attached hydrogen (secondary N) is 1. The van der Waals surface area contributed by atoms with E-state index in [1.807, 2.05) is 0 Å². The summed E-state index contributed by atoms with van der Waals surface area (Å²) < 4.78 is 0. The maximum atomic E-state index is 4.90. The lowest BCUT2D eigenvalue weighted by Gasteiger charge is -1.93. The van der Waals surface area contributed by atoms with E-state index in [9.17, 15) is 0 Å². The van der Waals surface area contributed by atoms with E-state index < -0.39 is 8.96 Å². The molecular weight excluding hydrogens is 90.1 g/mol. The van der Waals surface area contributed by atoms with Gasteiger partial charge in [0.25, 0.3) is 0 Å². The molecule has 0 heterocycles. The molecule has 0 rings (SSSR count). The normalized spacial score (nSPS) is 7.67. The first-order valence-electron chi connectivity index (χ1n) is 1.98. The fourth-order valence-corrected chi connectivity index (χ4v) is 0.500. The van der Waals surface area contributed by atoms with E-state index in [0.717, 1.165) is 0 Å². The highest BCUT2D eigenvalue weighted by atomic mass is 28.3. The zero-order valence-corrected chi connectivity index (χ0v) is 5.31. The van der Waals surface area contributed by atoms with Gasteiger partial charge in [0.15, 0.2) is 0 Å². The van der Waals surface area contributed by atoms with Gasteiger partial charge >= 0.3 is 0 Å². The van der Waals surface area contributed by atoms with Gasteiger partial charge < -0.3 is 4.98 Å². The average molecular weight is 99.2 g/mol. The van der Waals surface area contributed by atoms with Gasteiger partial charge in [0.1, 0.15) is 8.96 Å². The molecule has 1 N–H and O–H groups in total. The van der Waals surface area contributed by atoms with E-state index >= 15 is 0 Å². The second-order valence-electron chi connectivity index (χ2n) is 1.44. The summed E-state index contributed by atoms with van der Waals surface area (Å²) in [5, 5.41) is 0. The molecule has 0 amide bonds. The molecule has 0 bridgehead atoms. The van der Waals surface area contributed by atoms with Crippen LogP contribution in [0.4, 0.5) is 0 Å². The van der Waals surface area contributed by atoms with Crippen LogP contribution in [0.3, 0.4) is 0 Å². The highest BCUT2D eigenvalue weighted by Crippen LogP contribution is 1.64. The smallest absolute Gasteiger partial charge is 0.140 e. The Kier molecular flexibility index (Phi) is 2.60. The van der Waals surface area contributed by atoms with E-state index in [0.29, 0.717) is 0 Å².